The summed E-state index contributed by atoms with van der Waals surface area (Å²) in [7, 11) is -0.311. The van der Waals surface area contributed by atoms with Crippen molar-refractivity contribution >= 4 is 8.46 Å². The number of allylic oxidation sites excluding steroid dienone is 2. The highest BCUT2D eigenvalue weighted by molar-refractivity contribution is 7.29. The molecular weight excluding hydrogens is 375 g/mol. The second kappa shape index (κ2) is 10.2. The van der Waals surface area contributed by atoms with Crippen LogP contribution in [0.1, 0.15) is 16.7 Å². The summed E-state index contributed by atoms with van der Waals surface area (Å²) in [5.74, 6) is 5.97. The van der Waals surface area contributed by atoms with Gasteiger partial charge in [0.15, 0.2) is 14.1 Å². The fraction of sp³-hybridized carbons (Fsp3) is 0.0385. The van der Waals surface area contributed by atoms with Gasteiger partial charge in [0.25, 0.3) is 0 Å². The first-order valence-electron chi connectivity index (χ1n) is 9.11. The minimum Gasteiger partial charge on any atom is -0.375 e. The number of rotatable bonds is 5. The number of hydrogen-bond donors (Lipinski definition) is 1. The van der Waals surface area contributed by atoms with Gasteiger partial charge in [0.05, 0.1) is 0 Å². The Morgan fingerprint density at radius 1 is 0.828 bits per heavy atom. The molecule has 0 aromatic heterocycles. The normalized spacial score (nSPS) is 10.8. The molecule has 0 fully saturated rings. The second-order valence-electron chi connectivity index (χ2n) is 6.19. The van der Waals surface area contributed by atoms with E-state index < -0.39 is 5.60 Å². The van der Waals surface area contributed by atoms with Crippen LogP contribution in [-0.2, 0) is 10.2 Å². The molecule has 1 N–H and O–H groups in total. The summed E-state index contributed by atoms with van der Waals surface area (Å²) in [5, 5.41) is 11.8. The van der Waals surface area contributed by atoms with E-state index in [9.17, 15) is 9.67 Å². The van der Waals surface area contributed by atoms with Crippen LogP contribution < -0.4 is 0 Å². The maximum absolute atomic E-state index is 12.0. The largest absolute Gasteiger partial charge is 0.375 e. The monoisotopic (exact) mass is 394 g/mol. The Morgan fingerprint density at radius 2 is 1.34 bits per heavy atom. The SMILES string of the molecule is O=PC(=C=CC=CC#Cc1ccccc1)C(O)(c1ccccc1)c1ccccc1. The Kier molecular flexibility index (Phi) is 7.12. The molecule has 0 saturated carbocycles. The first kappa shape index (κ1) is 20.3. The lowest BCUT2D eigenvalue weighted by atomic mass is 9.86. The van der Waals surface area contributed by atoms with Gasteiger partial charge in [-0.25, -0.2) is 0 Å². The van der Waals surface area contributed by atoms with Gasteiger partial charge in [-0.15, -0.1) is 5.73 Å². The standard InChI is InChI=1S/C26H19O2P/c27-26(23-17-9-4-10-18-23,24-19-11-5-12-20-24)25(29-28)21-13-2-1-6-14-22-15-7-3-8-16-22/h1-5,7-13,15-20,27H. The lowest BCUT2D eigenvalue weighted by molar-refractivity contribution is 0.130. The van der Waals surface area contributed by atoms with Crippen molar-refractivity contribution in [3.8, 4) is 11.8 Å². The smallest absolute Gasteiger partial charge is 0.200 e. The lowest BCUT2D eigenvalue weighted by Crippen LogP contribution is -2.27. The molecule has 0 radical (unpaired) electrons. The predicted octanol–water partition coefficient (Wildman–Crippen LogP) is 5.86. The van der Waals surface area contributed by atoms with Crippen LogP contribution in [0.3, 0.4) is 0 Å². The second-order valence-corrected chi connectivity index (χ2v) is 6.82. The molecular formula is C26H19O2P. The van der Waals surface area contributed by atoms with Crippen molar-refractivity contribution in [2.45, 2.75) is 5.60 Å². The Labute approximate surface area is 172 Å². The highest BCUT2D eigenvalue weighted by atomic mass is 31.1. The lowest BCUT2D eigenvalue weighted by Gasteiger charge is -2.28. The third-order valence-corrected chi connectivity index (χ3v) is 4.94. The molecule has 0 saturated heterocycles. The van der Waals surface area contributed by atoms with E-state index in [1.807, 2.05) is 66.7 Å². The molecule has 0 unspecified atom stereocenters. The molecule has 0 spiro atoms. The van der Waals surface area contributed by atoms with Crippen LogP contribution in [-0.4, -0.2) is 5.11 Å². The fourth-order valence-electron chi connectivity index (χ4n) is 2.87. The van der Waals surface area contributed by atoms with Crippen molar-refractivity contribution in [2.24, 2.45) is 0 Å². The maximum atomic E-state index is 12.0. The average molecular weight is 394 g/mol. The van der Waals surface area contributed by atoms with E-state index >= 15 is 0 Å². The first-order chi connectivity index (χ1) is 14.2. The van der Waals surface area contributed by atoms with Crippen molar-refractivity contribution in [3.63, 3.8) is 0 Å². The maximum Gasteiger partial charge on any atom is 0.200 e. The number of benzene rings is 3. The molecule has 0 heterocycles. The zero-order chi connectivity index (χ0) is 20.4. The van der Waals surface area contributed by atoms with Crippen LogP contribution in [0, 0.1) is 11.8 Å². The van der Waals surface area contributed by atoms with E-state index in [1.165, 1.54) is 0 Å². The van der Waals surface area contributed by atoms with Gasteiger partial charge < -0.3 is 5.11 Å². The van der Waals surface area contributed by atoms with Crippen molar-refractivity contribution in [2.75, 3.05) is 0 Å². The zero-order valence-corrected chi connectivity index (χ0v) is 16.6. The third kappa shape index (κ3) is 5.08. The Bertz CT molecular complexity index is 1060. The van der Waals surface area contributed by atoms with Gasteiger partial charge in [0.1, 0.15) is 5.31 Å². The van der Waals surface area contributed by atoms with E-state index in [2.05, 4.69) is 17.6 Å². The van der Waals surface area contributed by atoms with Crippen LogP contribution in [0.4, 0.5) is 0 Å². The Morgan fingerprint density at radius 3 is 1.86 bits per heavy atom. The van der Waals surface area contributed by atoms with E-state index in [0.717, 1.165) is 5.56 Å². The minimum absolute atomic E-state index is 0.218. The first-order valence-corrected chi connectivity index (χ1v) is 9.92. The topological polar surface area (TPSA) is 37.3 Å². The summed E-state index contributed by atoms with van der Waals surface area (Å²) in [4.78, 5) is 0. The fourth-order valence-corrected chi connectivity index (χ4v) is 3.38. The van der Waals surface area contributed by atoms with Crippen LogP contribution in [0.15, 0.2) is 120 Å². The van der Waals surface area contributed by atoms with Crippen LogP contribution in [0.25, 0.3) is 0 Å². The molecule has 0 amide bonds. The zero-order valence-electron chi connectivity index (χ0n) is 15.7. The van der Waals surface area contributed by atoms with Crippen molar-refractivity contribution in [3.05, 3.63) is 137 Å². The molecule has 0 atom stereocenters. The van der Waals surface area contributed by atoms with Crippen LogP contribution >= 0.6 is 8.46 Å². The molecule has 2 nitrogen and oxygen atoms in total. The molecule has 0 aliphatic carbocycles. The average Bonchev–Trinajstić information content (AvgIpc) is 2.80. The molecule has 3 rings (SSSR count). The van der Waals surface area contributed by atoms with E-state index in [-0.39, 0.29) is 13.8 Å². The predicted molar refractivity (Wildman–Crippen MR) is 118 cm³/mol. The van der Waals surface area contributed by atoms with Gasteiger partial charge >= 0.3 is 0 Å². The highest BCUT2D eigenvalue weighted by Gasteiger charge is 2.36. The molecule has 0 aliphatic heterocycles. The van der Waals surface area contributed by atoms with Gasteiger partial charge in [-0.05, 0) is 41.5 Å². The van der Waals surface area contributed by atoms with Crippen molar-refractivity contribution in [1.29, 1.82) is 0 Å². The molecule has 29 heavy (non-hydrogen) atoms. The van der Waals surface area contributed by atoms with E-state index in [0.29, 0.717) is 11.1 Å². The molecule has 140 valence electrons. The van der Waals surface area contributed by atoms with Gasteiger partial charge in [0, 0.05) is 5.56 Å². The van der Waals surface area contributed by atoms with Crippen molar-refractivity contribution in [1.82, 2.24) is 0 Å². The third-order valence-electron chi connectivity index (χ3n) is 4.30. The molecule has 0 bridgehead atoms. The summed E-state index contributed by atoms with van der Waals surface area (Å²) >= 11 is 0. The van der Waals surface area contributed by atoms with E-state index in [1.54, 1.807) is 42.5 Å². The molecule has 0 aliphatic rings. The Balaban J connectivity index is 1.96. The number of hydrogen-bond acceptors (Lipinski definition) is 2. The van der Waals surface area contributed by atoms with E-state index in [4.69, 9.17) is 0 Å². The van der Waals surface area contributed by atoms with Crippen molar-refractivity contribution < 1.29 is 9.67 Å². The van der Waals surface area contributed by atoms with Gasteiger partial charge in [-0.2, -0.15) is 0 Å². The van der Waals surface area contributed by atoms with Gasteiger partial charge in [-0.1, -0.05) is 90.7 Å². The molecule has 3 aromatic carbocycles. The number of aliphatic hydroxyl groups is 1. The summed E-state index contributed by atoms with van der Waals surface area (Å²) in [5.41, 5.74) is 3.59. The van der Waals surface area contributed by atoms with Crippen LogP contribution in [0.2, 0.25) is 0 Å². The van der Waals surface area contributed by atoms with Crippen LogP contribution in [0.5, 0.6) is 0 Å². The molecule has 3 aromatic rings. The van der Waals surface area contributed by atoms with Gasteiger partial charge in [-0.3, -0.25) is 4.57 Å². The minimum atomic E-state index is -1.55. The molecule has 3 heteroatoms. The summed E-state index contributed by atoms with van der Waals surface area (Å²) < 4.78 is 12.0. The summed E-state index contributed by atoms with van der Waals surface area (Å²) in [6, 6.07) is 28.0. The summed E-state index contributed by atoms with van der Waals surface area (Å²) in [6.07, 6.45) is 5.00. The Hall–Kier alpha value is -3.46. The highest BCUT2D eigenvalue weighted by Crippen LogP contribution is 2.40. The quantitative estimate of drug-likeness (QED) is 0.255. The van der Waals surface area contributed by atoms with Gasteiger partial charge in [0.2, 0.25) is 0 Å². The summed E-state index contributed by atoms with van der Waals surface area (Å²) in [6.45, 7) is 0.